The highest BCUT2D eigenvalue weighted by atomic mass is 32.1. The lowest BCUT2D eigenvalue weighted by atomic mass is 10.1. The Hall–Kier alpha value is -1.72. The van der Waals surface area contributed by atoms with Crippen LogP contribution < -0.4 is 5.43 Å². The lowest BCUT2D eigenvalue weighted by Gasteiger charge is -2.19. The van der Waals surface area contributed by atoms with E-state index < -0.39 is 0 Å². The molecule has 21 heavy (non-hydrogen) atoms. The van der Waals surface area contributed by atoms with Gasteiger partial charge in [0.1, 0.15) is 0 Å². The van der Waals surface area contributed by atoms with Crippen LogP contribution >= 0.6 is 11.3 Å². The van der Waals surface area contributed by atoms with E-state index >= 15 is 0 Å². The predicted octanol–water partition coefficient (Wildman–Crippen LogP) is 3.74. The first kappa shape index (κ1) is 15.7. The molecule has 112 valence electrons. The van der Waals surface area contributed by atoms with Crippen LogP contribution in [0.2, 0.25) is 0 Å². The van der Waals surface area contributed by atoms with E-state index in [0.717, 1.165) is 36.0 Å². The van der Waals surface area contributed by atoms with Gasteiger partial charge in [0.15, 0.2) is 0 Å². The molecular formula is C16H22N4S. The molecule has 0 aliphatic rings. The zero-order valence-electron chi connectivity index (χ0n) is 12.8. The minimum absolute atomic E-state index is 0.824. The molecule has 0 saturated heterocycles. The molecule has 2 rings (SSSR count). The van der Waals surface area contributed by atoms with E-state index in [1.54, 1.807) is 11.3 Å². The maximum atomic E-state index is 4.32. The van der Waals surface area contributed by atoms with E-state index in [4.69, 9.17) is 0 Å². The average Bonchev–Trinajstić information content (AvgIpc) is 2.91. The van der Waals surface area contributed by atoms with Crippen LogP contribution in [0.3, 0.4) is 0 Å². The van der Waals surface area contributed by atoms with Crippen molar-refractivity contribution in [1.82, 2.24) is 9.88 Å². The highest BCUT2D eigenvalue weighted by Gasteiger charge is 2.04. The van der Waals surface area contributed by atoms with Crippen molar-refractivity contribution in [2.75, 3.05) is 18.5 Å². The Bertz CT molecular complexity index is 587. The van der Waals surface area contributed by atoms with Gasteiger partial charge in [-0.15, -0.1) is 11.3 Å². The number of aromatic nitrogens is 1. The summed E-state index contributed by atoms with van der Waals surface area (Å²) in [5, 5.41) is 7.13. The zero-order chi connectivity index (χ0) is 15.1. The van der Waals surface area contributed by atoms with Gasteiger partial charge in [0, 0.05) is 11.9 Å². The number of nitrogens with zero attached hydrogens (tertiary/aromatic N) is 3. The van der Waals surface area contributed by atoms with Crippen molar-refractivity contribution in [2.45, 2.75) is 27.3 Å². The normalized spacial score (nSPS) is 11.4. The van der Waals surface area contributed by atoms with Crippen LogP contribution in [0.5, 0.6) is 0 Å². The minimum Gasteiger partial charge on any atom is -0.300 e. The largest absolute Gasteiger partial charge is 0.300 e. The molecule has 1 aromatic carbocycles. The fourth-order valence-corrected chi connectivity index (χ4v) is 2.69. The monoisotopic (exact) mass is 302 g/mol. The molecular weight excluding hydrogens is 280 g/mol. The van der Waals surface area contributed by atoms with Gasteiger partial charge in [0.05, 0.1) is 11.9 Å². The third kappa shape index (κ3) is 4.65. The summed E-state index contributed by atoms with van der Waals surface area (Å²) >= 11 is 1.56. The second-order valence-corrected chi connectivity index (χ2v) is 5.68. The van der Waals surface area contributed by atoms with Gasteiger partial charge in [-0.2, -0.15) is 5.10 Å². The highest BCUT2D eigenvalue weighted by Crippen LogP contribution is 2.14. The SMILES string of the molecule is CCN(CC)Cc1ccccc1C=NNc1nc(C)cs1. The van der Waals surface area contributed by atoms with Crippen LogP contribution in [-0.2, 0) is 6.54 Å². The summed E-state index contributed by atoms with van der Waals surface area (Å²) in [6.45, 7) is 9.41. The number of rotatable bonds is 7. The second-order valence-electron chi connectivity index (χ2n) is 4.82. The Kier molecular flexibility index (Phi) is 5.90. The number of benzene rings is 1. The number of hydrazone groups is 1. The smallest absolute Gasteiger partial charge is 0.203 e. The molecule has 0 bridgehead atoms. The van der Waals surface area contributed by atoms with Crippen molar-refractivity contribution in [3.05, 3.63) is 46.5 Å². The van der Waals surface area contributed by atoms with Gasteiger partial charge >= 0.3 is 0 Å². The first-order valence-corrected chi connectivity index (χ1v) is 8.12. The fourth-order valence-electron chi connectivity index (χ4n) is 2.05. The van der Waals surface area contributed by atoms with Gasteiger partial charge in [0.25, 0.3) is 0 Å². The van der Waals surface area contributed by atoms with E-state index in [2.05, 4.69) is 52.5 Å². The number of aryl methyl sites for hydroxylation is 1. The van der Waals surface area contributed by atoms with Crippen molar-refractivity contribution >= 4 is 22.7 Å². The van der Waals surface area contributed by atoms with Crippen LogP contribution in [0.25, 0.3) is 0 Å². The Morgan fingerprint density at radius 2 is 2.05 bits per heavy atom. The number of thiazole rings is 1. The fraction of sp³-hybridized carbons (Fsp3) is 0.375. The second kappa shape index (κ2) is 7.90. The lowest BCUT2D eigenvalue weighted by molar-refractivity contribution is 0.296. The van der Waals surface area contributed by atoms with Crippen molar-refractivity contribution in [2.24, 2.45) is 5.10 Å². The maximum absolute atomic E-state index is 4.32. The Balaban J connectivity index is 2.05. The molecule has 0 spiro atoms. The number of nitrogens with one attached hydrogen (secondary N) is 1. The minimum atomic E-state index is 0.824. The number of hydrogen-bond acceptors (Lipinski definition) is 5. The number of anilines is 1. The first-order valence-electron chi connectivity index (χ1n) is 7.24. The summed E-state index contributed by atoms with van der Waals surface area (Å²) in [5.41, 5.74) is 6.44. The average molecular weight is 302 g/mol. The molecule has 0 saturated carbocycles. The first-order chi connectivity index (χ1) is 10.2. The molecule has 0 aliphatic carbocycles. The summed E-state index contributed by atoms with van der Waals surface area (Å²) in [6, 6.07) is 8.37. The third-order valence-corrected chi connectivity index (χ3v) is 4.19. The quantitative estimate of drug-likeness (QED) is 0.625. The molecule has 0 atom stereocenters. The summed E-state index contributed by atoms with van der Waals surface area (Å²) in [7, 11) is 0. The molecule has 1 heterocycles. The van der Waals surface area contributed by atoms with Crippen LogP contribution in [0.15, 0.2) is 34.7 Å². The van der Waals surface area contributed by atoms with Gasteiger partial charge in [-0.05, 0) is 31.1 Å². The molecule has 0 fully saturated rings. The van der Waals surface area contributed by atoms with Crippen LogP contribution in [0.1, 0.15) is 30.7 Å². The summed E-state index contributed by atoms with van der Waals surface area (Å²) in [4.78, 5) is 6.72. The molecule has 1 aromatic heterocycles. The van der Waals surface area contributed by atoms with Gasteiger partial charge in [-0.1, -0.05) is 38.1 Å². The van der Waals surface area contributed by atoms with E-state index in [0.29, 0.717) is 0 Å². The van der Waals surface area contributed by atoms with Gasteiger partial charge in [0.2, 0.25) is 5.13 Å². The molecule has 1 N–H and O–H groups in total. The molecule has 2 aromatic rings. The Morgan fingerprint density at radius 3 is 2.71 bits per heavy atom. The highest BCUT2D eigenvalue weighted by molar-refractivity contribution is 7.13. The van der Waals surface area contributed by atoms with E-state index in [1.807, 2.05) is 24.6 Å². The number of hydrogen-bond donors (Lipinski definition) is 1. The van der Waals surface area contributed by atoms with E-state index in [-0.39, 0.29) is 0 Å². The molecule has 0 unspecified atom stereocenters. The summed E-state index contributed by atoms with van der Waals surface area (Å²) in [5.74, 6) is 0. The molecule has 0 aliphatic heterocycles. The molecule has 5 heteroatoms. The Labute approximate surface area is 130 Å². The third-order valence-electron chi connectivity index (χ3n) is 3.33. The predicted molar refractivity (Wildman–Crippen MR) is 91.1 cm³/mol. The molecule has 0 radical (unpaired) electrons. The molecule has 0 amide bonds. The van der Waals surface area contributed by atoms with E-state index in [1.165, 1.54) is 5.56 Å². The van der Waals surface area contributed by atoms with Crippen LogP contribution in [0, 0.1) is 6.92 Å². The van der Waals surface area contributed by atoms with Crippen LogP contribution in [-0.4, -0.2) is 29.2 Å². The van der Waals surface area contributed by atoms with Crippen molar-refractivity contribution in [3.8, 4) is 0 Å². The standard InChI is InChI=1S/C16H22N4S/c1-4-20(5-2)11-15-9-7-6-8-14(15)10-17-19-16-18-13(3)12-21-16/h6-10,12H,4-5,11H2,1-3H3,(H,18,19). The van der Waals surface area contributed by atoms with Crippen molar-refractivity contribution < 1.29 is 0 Å². The van der Waals surface area contributed by atoms with Crippen molar-refractivity contribution in [3.63, 3.8) is 0 Å². The van der Waals surface area contributed by atoms with Crippen molar-refractivity contribution in [1.29, 1.82) is 0 Å². The zero-order valence-corrected chi connectivity index (χ0v) is 13.7. The van der Waals surface area contributed by atoms with Gasteiger partial charge in [-0.25, -0.2) is 4.98 Å². The summed E-state index contributed by atoms with van der Waals surface area (Å²) in [6.07, 6.45) is 1.87. The summed E-state index contributed by atoms with van der Waals surface area (Å²) < 4.78 is 0. The van der Waals surface area contributed by atoms with Crippen LogP contribution in [0.4, 0.5) is 5.13 Å². The van der Waals surface area contributed by atoms with E-state index in [9.17, 15) is 0 Å². The Morgan fingerprint density at radius 1 is 1.29 bits per heavy atom. The molecule has 4 nitrogen and oxygen atoms in total. The van der Waals surface area contributed by atoms with Gasteiger partial charge in [-0.3, -0.25) is 10.3 Å². The maximum Gasteiger partial charge on any atom is 0.203 e. The topological polar surface area (TPSA) is 40.5 Å². The lowest BCUT2D eigenvalue weighted by Crippen LogP contribution is -2.22. The van der Waals surface area contributed by atoms with Gasteiger partial charge < -0.3 is 0 Å².